The standard InChI is InChI=1S/C14H22N6O/c1-5-6-7-11-12(10-14(2,3)4)20(18-16-11)13(21)19-9-8-15-17-19/h8-9H,5-7,10H2,1-4H3. The Morgan fingerprint density at radius 1 is 1.29 bits per heavy atom. The van der Waals surface area contributed by atoms with E-state index >= 15 is 0 Å². The van der Waals surface area contributed by atoms with Crippen molar-refractivity contribution in [1.29, 1.82) is 0 Å². The zero-order chi connectivity index (χ0) is 15.5. The van der Waals surface area contributed by atoms with Crippen LogP contribution < -0.4 is 0 Å². The molecule has 0 spiro atoms. The van der Waals surface area contributed by atoms with E-state index < -0.39 is 0 Å². The van der Waals surface area contributed by atoms with Crippen LogP contribution in [0.4, 0.5) is 4.79 Å². The quantitative estimate of drug-likeness (QED) is 0.863. The van der Waals surface area contributed by atoms with Gasteiger partial charge in [0.25, 0.3) is 0 Å². The monoisotopic (exact) mass is 290 g/mol. The number of carbonyl (C=O) groups excluding carboxylic acids is 1. The third kappa shape index (κ3) is 3.74. The number of nitrogens with zero attached hydrogens (tertiary/aromatic N) is 6. The van der Waals surface area contributed by atoms with E-state index in [1.165, 1.54) is 21.8 Å². The molecule has 2 aromatic heterocycles. The maximum atomic E-state index is 12.4. The van der Waals surface area contributed by atoms with Crippen molar-refractivity contribution in [2.24, 2.45) is 5.41 Å². The Hall–Kier alpha value is -2.05. The number of rotatable bonds is 4. The van der Waals surface area contributed by atoms with E-state index in [9.17, 15) is 4.79 Å². The van der Waals surface area contributed by atoms with E-state index in [2.05, 4.69) is 48.3 Å². The van der Waals surface area contributed by atoms with Gasteiger partial charge in [-0.05, 0) is 24.7 Å². The summed E-state index contributed by atoms with van der Waals surface area (Å²) in [5.74, 6) is 0. The van der Waals surface area contributed by atoms with Crippen LogP contribution in [-0.2, 0) is 12.8 Å². The van der Waals surface area contributed by atoms with Gasteiger partial charge in [0.2, 0.25) is 0 Å². The molecule has 0 aromatic carbocycles. The zero-order valence-electron chi connectivity index (χ0n) is 13.1. The fourth-order valence-corrected chi connectivity index (χ4v) is 2.11. The van der Waals surface area contributed by atoms with Crippen molar-refractivity contribution in [2.75, 3.05) is 0 Å². The molecular formula is C14H22N6O. The third-order valence-electron chi connectivity index (χ3n) is 3.11. The molecule has 0 radical (unpaired) electrons. The van der Waals surface area contributed by atoms with Crippen LogP contribution in [0.1, 0.15) is 51.9 Å². The van der Waals surface area contributed by atoms with Crippen molar-refractivity contribution in [3.63, 3.8) is 0 Å². The Bertz CT molecular complexity index is 594. The van der Waals surface area contributed by atoms with Crippen molar-refractivity contribution in [1.82, 2.24) is 30.0 Å². The number of aromatic nitrogens is 6. The molecule has 7 heteroatoms. The summed E-state index contributed by atoms with van der Waals surface area (Å²) in [6, 6.07) is -0.345. The van der Waals surface area contributed by atoms with Crippen molar-refractivity contribution < 1.29 is 4.79 Å². The molecule has 0 aliphatic heterocycles. The predicted octanol–water partition coefficient (Wildman–Crippen LogP) is 2.32. The van der Waals surface area contributed by atoms with E-state index in [0.29, 0.717) is 0 Å². The molecule has 0 aliphatic rings. The lowest BCUT2D eigenvalue weighted by atomic mass is 9.89. The highest BCUT2D eigenvalue weighted by Gasteiger charge is 2.24. The lowest BCUT2D eigenvalue weighted by Crippen LogP contribution is -2.25. The Morgan fingerprint density at radius 2 is 2.05 bits per heavy atom. The molecule has 0 saturated carbocycles. The van der Waals surface area contributed by atoms with Gasteiger partial charge in [0.15, 0.2) is 0 Å². The molecule has 2 rings (SSSR count). The molecule has 0 N–H and O–H groups in total. The minimum atomic E-state index is -0.345. The van der Waals surface area contributed by atoms with Crippen molar-refractivity contribution in [3.8, 4) is 0 Å². The van der Waals surface area contributed by atoms with Gasteiger partial charge in [0.05, 0.1) is 23.8 Å². The van der Waals surface area contributed by atoms with Crippen molar-refractivity contribution >= 4 is 6.03 Å². The normalized spacial score (nSPS) is 11.8. The minimum absolute atomic E-state index is 0.0447. The van der Waals surface area contributed by atoms with Crippen LogP contribution in [0.2, 0.25) is 0 Å². The Morgan fingerprint density at radius 3 is 2.62 bits per heavy atom. The first-order valence-electron chi connectivity index (χ1n) is 7.27. The molecule has 2 heterocycles. The zero-order valence-corrected chi connectivity index (χ0v) is 13.1. The van der Waals surface area contributed by atoms with Gasteiger partial charge in [-0.15, -0.1) is 10.2 Å². The minimum Gasteiger partial charge on any atom is -0.243 e. The maximum Gasteiger partial charge on any atom is 0.372 e. The molecule has 114 valence electrons. The first kappa shape index (κ1) is 15.3. The smallest absolute Gasteiger partial charge is 0.243 e. The second-order valence-electron chi connectivity index (χ2n) is 6.37. The summed E-state index contributed by atoms with van der Waals surface area (Å²) >= 11 is 0. The van der Waals surface area contributed by atoms with Gasteiger partial charge in [-0.3, -0.25) is 0 Å². The Kier molecular flexibility index (Phi) is 4.50. The fraction of sp³-hybridized carbons (Fsp3) is 0.643. The van der Waals surface area contributed by atoms with Gasteiger partial charge in [0, 0.05) is 0 Å². The first-order chi connectivity index (χ1) is 9.92. The first-order valence-corrected chi connectivity index (χ1v) is 7.27. The van der Waals surface area contributed by atoms with Crippen LogP contribution in [0.3, 0.4) is 0 Å². The lowest BCUT2D eigenvalue weighted by molar-refractivity contribution is 0.235. The summed E-state index contributed by atoms with van der Waals surface area (Å²) in [6.45, 7) is 8.53. The summed E-state index contributed by atoms with van der Waals surface area (Å²) in [4.78, 5) is 12.4. The molecule has 0 unspecified atom stereocenters. The van der Waals surface area contributed by atoms with Crippen LogP contribution >= 0.6 is 0 Å². The summed E-state index contributed by atoms with van der Waals surface area (Å²) < 4.78 is 2.52. The van der Waals surface area contributed by atoms with Crippen LogP contribution in [0.25, 0.3) is 0 Å². The number of unbranched alkanes of at least 4 members (excludes halogenated alkanes) is 1. The second kappa shape index (κ2) is 6.15. The number of aryl methyl sites for hydroxylation is 1. The second-order valence-corrected chi connectivity index (χ2v) is 6.37. The van der Waals surface area contributed by atoms with E-state index in [1.54, 1.807) is 0 Å². The van der Waals surface area contributed by atoms with E-state index in [4.69, 9.17) is 0 Å². The SMILES string of the molecule is CCCCc1nnn(C(=O)n2ccnn2)c1CC(C)(C)C. The molecular weight excluding hydrogens is 268 g/mol. The molecule has 2 aromatic rings. The lowest BCUT2D eigenvalue weighted by Gasteiger charge is -2.18. The Labute approximate surface area is 124 Å². The summed E-state index contributed by atoms with van der Waals surface area (Å²) in [6.07, 6.45) is 6.67. The van der Waals surface area contributed by atoms with Crippen LogP contribution in [0.5, 0.6) is 0 Å². The molecule has 0 atom stereocenters. The van der Waals surface area contributed by atoms with Gasteiger partial charge in [-0.2, -0.15) is 9.36 Å². The largest absolute Gasteiger partial charge is 0.372 e. The molecule has 0 fully saturated rings. The number of hydrogen-bond donors (Lipinski definition) is 0. The fourth-order valence-electron chi connectivity index (χ4n) is 2.11. The summed E-state index contributed by atoms with van der Waals surface area (Å²) in [7, 11) is 0. The highest BCUT2D eigenvalue weighted by Crippen LogP contribution is 2.23. The highest BCUT2D eigenvalue weighted by molar-refractivity contribution is 5.77. The molecule has 7 nitrogen and oxygen atoms in total. The highest BCUT2D eigenvalue weighted by atomic mass is 16.2. The van der Waals surface area contributed by atoms with Crippen LogP contribution in [0, 0.1) is 5.41 Å². The van der Waals surface area contributed by atoms with Crippen molar-refractivity contribution in [3.05, 3.63) is 23.8 Å². The molecule has 0 amide bonds. The average Bonchev–Trinajstić information content (AvgIpc) is 3.04. The van der Waals surface area contributed by atoms with Crippen LogP contribution in [-0.4, -0.2) is 36.0 Å². The van der Waals surface area contributed by atoms with Gasteiger partial charge in [0.1, 0.15) is 0 Å². The number of hydrogen-bond acceptors (Lipinski definition) is 5. The third-order valence-corrected chi connectivity index (χ3v) is 3.11. The van der Waals surface area contributed by atoms with E-state index in [-0.39, 0.29) is 11.4 Å². The molecule has 0 bridgehead atoms. The van der Waals surface area contributed by atoms with Gasteiger partial charge < -0.3 is 0 Å². The topological polar surface area (TPSA) is 78.5 Å². The van der Waals surface area contributed by atoms with Crippen molar-refractivity contribution in [2.45, 2.75) is 53.4 Å². The molecule has 0 aliphatic carbocycles. The molecule has 0 saturated heterocycles. The summed E-state index contributed by atoms with van der Waals surface area (Å²) in [5.41, 5.74) is 1.82. The summed E-state index contributed by atoms with van der Waals surface area (Å²) in [5, 5.41) is 15.6. The van der Waals surface area contributed by atoms with Gasteiger partial charge in [-0.25, -0.2) is 4.79 Å². The predicted molar refractivity (Wildman–Crippen MR) is 78.0 cm³/mol. The van der Waals surface area contributed by atoms with Gasteiger partial charge >= 0.3 is 6.03 Å². The number of carbonyl (C=O) groups is 1. The molecule has 21 heavy (non-hydrogen) atoms. The van der Waals surface area contributed by atoms with Crippen LogP contribution in [0.15, 0.2) is 12.4 Å². The maximum absolute atomic E-state index is 12.4. The van der Waals surface area contributed by atoms with E-state index in [1.807, 2.05) is 0 Å². The van der Waals surface area contributed by atoms with E-state index in [0.717, 1.165) is 37.1 Å². The average molecular weight is 290 g/mol. The Balaban J connectivity index is 2.36. The van der Waals surface area contributed by atoms with Gasteiger partial charge in [-0.1, -0.05) is 44.5 Å².